The highest BCUT2D eigenvalue weighted by Crippen LogP contribution is 2.22. The molecule has 19 heavy (non-hydrogen) atoms. The van der Waals surface area contributed by atoms with Crippen LogP contribution >= 0.6 is 11.6 Å². The molecule has 0 aliphatic rings. The third kappa shape index (κ3) is 2.02. The van der Waals surface area contributed by atoms with Crippen molar-refractivity contribution in [1.82, 2.24) is 19.5 Å². The van der Waals surface area contributed by atoms with E-state index in [1.54, 1.807) is 12.4 Å². The molecule has 2 aromatic heterocycles. The lowest BCUT2D eigenvalue weighted by molar-refractivity contribution is 1.00. The number of nitrogens with zero attached hydrogens (tertiary/aromatic N) is 4. The Hall–Kier alpha value is -2.14. The molecule has 96 valence electrons. The fourth-order valence-corrected chi connectivity index (χ4v) is 2.18. The molecule has 3 aromatic rings. The van der Waals surface area contributed by atoms with Crippen LogP contribution in [0.3, 0.4) is 0 Å². The minimum atomic E-state index is 0.146. The van der Waals surface area contributed by atoms with Crippen molar-refractivity contribution in [3.05, 3.63) is 40.8 Å². The molecule has 0 fully saturated rings. The summed E-state index contributed by atoms with van der Waals surface area (Å²) in [6.45, 7) is 4.13. The molecule has 1 aromatic carbocycles. The van der Waals surface area contributed by atoms with E-state index >= 15 is 0 Å². The van der Waals surface area contributed by atoms with Crippen LogP contribution in [0.1, 0.15) is 11.1 Å². The summed E-state index contributed by atoms with van der Waals surface area (Å²) in [7, 11) is 0. The van der Waals surface area contributed by atoms with E-state index in [0.717, 1.165) is 11.0 Å². The van der Waals surface area contributed by atoms with Gasteiger partial charge in [0.15, 0.2) is 0 Å². The monoisotopic (exact) mass is 273 g/mol. The predicted octanol–water partition coefficient (Wildman–Crippen LogP) is 2.67. The number of aromatic nitrogens is 4. The van der Waals surface area contributed by atoms with Crippen LogP contribution in [0.25, 0.3) is 16.9 Å². The van der Waals surface area contributed by atoms with Gasteiger partial charge >= 0.3 is 0 Å². The molecule has 5 nitrogen and oxygen atoms in total. The molecule has 0 saturated carbocycles. The van der Waals surface area contributed by atoms with Gasteiger partial charge in [-0.15, -0.1) is 0 Å². The molecular formula is C13H12ClN5. The highest BCUT2D eigenvalue weighted by molar-refractivity contribution is 6.29. The van der Waals surface area contributed by atoms with Gasteiger partial charge in [0, 0.05) is 6.07 Å². The minimum Gasteiger partial charge on any atom is -0.368 e. The van der Waals surface area contributed by atoms with Crippen LogP contribution in [-0.4, -0.2) is 19.5 Å². The van der Waals surface area contributed by atoms with Crippen molar-refractivity contribution in [2.24, 2.45) is 0 Å². The Bertz CT molecular complexity index is 758. The Morgan fingerprint density at radius 2 is 1.84 bits per heavy atom. The van der Waals surface area contributed by atoms with E-state index in [2.05, 4.69) is 34.9 Å². The SMILES string of the molecule is Cc1cc2ncn(-c3cc(Cl)nc(N)n3)c2cc1C. The number of hydrogen-bond donors (Lipinski definition) is 1. The Labute approximate surface area is 115 Å². The molecular weight excluding hydrogens is 262 g/mol. The van der Waals surface area contributed by atoms with Crippen molar-refractivity contribution >= 4 is 28.6 Å². The molecule has 0 unspecified atom stereocenters. The molecule has 0 bridgehead atoms. The third-order valence-corrected chi connectivity index (χ3v) is 3.30. The van der Waals surface area contributed by atoms with Crippen molar-refractivity contribution in [2.45, 2.75) is 13.8 Å². The number of halogens is 1. The first kappa shape index (κ1) is 11.9. The number of rotatable bonds is 1. The van der Waals surface area contributed by atoms with Gasteiger partial charge in [0.05, 0.1) is 11.0 Å². The van der Waals surface area contributed by atoms with E-state index in [1.807, 2.05) is 10.6 Å². The van der Waals surface area contributed by atoms with E-state index in [1.165, 1.54) is 11.1 Å². The highest BCUT2D eigenvalue weighted by atomic mass is 35.5. The van der Waals surface area contributed by atoms with E-state index in [0.29, 0.717) is 11.0 Å². The average Bonchev–Trinajstić information content (AvgIpc) is 2.71. The summed E-state index contributed by atoms with van der Waals surface area (Å²) >= 11 is 5.91. The number of anilines is 1. The van der Waals surface area contributed by atoms with E-state index < -0.39 is 0 Å². The number of hydrogen-bond acceptors (Lipinski definition) is 4. The van der Waals surface area contributed by atoms with Crippen LogP contribution in [0.5, 0.6) is 0 Å². The van der Waals surface area contributed by atoms with Crippen LogP contribution in [-0.2, 0) is 0 Å². The topological polar surface area (TPSA) is 69.6 Å². The summed E-state index contributed by atoms with van der Waals surface area (Å²) < 4.78 is 1.85. The lowest BCUT2D eigenvalue weighted by Crippen LogP contribution is -2.02. The number of imidazole rings is 1. The van der Waals surface area contributed by atoms with Gasteiger partial charge in [-0.3, -0.25) is 4.57 Å². The standard InChI is InChI=1S/C13H12ClN5/c1-7-3-9-10(4-8(7)2)19(6-16-9)12-5-11(14)17-13(15)18-12/h3-6H,1-2H3,(H2,15,17,18). The summed E-state index contributed by atoms with van der Waals surface area (Å²) in [4.78, 5) is 12.4. The molecule has 0 atom stereocenters. The second-order valence-corrected chi connectivity index (χ2v) is 4.83. The van der Waals surface area contributed by atoms with Crippen molar-refractivity contribution in [1.29, 1.82) is 0 Å². The summed E-state index contributed by atoms with van der Waals surface area (Å²) in [6.07, 6.45) is 1.71. The van der Waals surface area contributed by atoms with Gasteiger partial charge in [-0.2, -0.15) is 4.98 Å². The second-order valence-electron chi connectivity index (χ2n) is 4.45. The van der Waals surface area contributed by atoms with Crippen LogP contribution < -0.4 is 5.73 Å². The molecule has 0 radical (unpaired) electrons. The first-order valence-corrected chi connectivity index (χ1v) is 6.17. The maximum absolute atomic E-state index is 5.91. The van der Waals surface area contributed by atoms with Crippen molar-refractivity contribution < 1.29 is 0 Å². The van der Waals surface area contributed by atoms with Gasteiger partial charge in [-0.05, 0) is 37.1 Å². The molecule has 0 aliphatic heterocycles. The second kappa shape index (κ2) is 4.20. The van der Waals surface area contributed by atoms with Crippen LogP contribution in [0.2, 0.25) is 5.15 Å². The zero-order valence-electron chi connectivity index (χ0n) is 10.6. The molecule has 3 rings (SSSR count). The van der Waals surface area contributed by atoms with Gasteiger partial charge in [-0.25, -0.2) is 9.97 Å². The van der Waals surface area contributed by atoms with Gasteiger partial charge in [0.2, 0.25) is 5.95 Å². The Morgan fingerprint density at radius 3 is 2.58 bits per heavy atom. The summed E-state index contributed by atoms with van der Waals surface area (Å²) in [5, 5.41) is 0.313. The molecule has 0 amide bonds. The molecule has 6 heteroatoms. The largest absolute Gasteiger partial charge is 0.368 e. The highest BCUT2D eigenvalue weighted by Gasteiger charge is 2.09. The maximum atomic E-state index is 5.91. The molecule has 0 spiro atoms. The van der Waals surface area contributed by atoms with Crippen molar-refractivity contribution in [3.8, 4) is 5.82 Å². The van der Waals surface area contributed by atoms with Crippen LogP contribution in [0.15, 0.2) is 24.5 Å². The first-order chi connectivity index (χ1) is 9.04. The van der Waals surface area contributed by atoms with E-state index in [4.69, 9.17) is 17.3 Å². The normalized spacial score (nSPS) is 11.1. The Kier molecular flexibility index (Phi) is 2.64. The lowest BCUT2D eigenvalue weighted by Gasteiger charge is -2.06. The third-order valence-electron chi connectivity index (χ3n) is 3.11. The smallest absolute Gasteiger partial charge is 0.223 e. The zero-order chi connectivity index (χ0) is 13.6. The van der Waals surface area contributed by atoms with Crippen molar-refractivity contribution in [2.75, 3.05) is 5.73 Å². The quantitative estimate of drug-likeness (QED) is 0.692. The first-order valence-electron chi connectivity index (χ1n) is 5.79. The Balaban J connectivity index is 2.28. The summed E-state index contributed by atoms with van der Waals surface area (Å²) in [5.74, 6) is 0.761. The molecule has 0 saturated heterocycles. The van der Waals surface area contributed by atoms with Gasteiger partial charge in [0.25, 0.3) is 0 Å². The lowest BCUT2D eigenvalue weighted by atomic mass is 10.1. The minimum absolute atomic E-state index is 0.146. The number of nitrogen functional groups attached to an aromatic ring is 1. The molecule has 2 heterocycles. The van der Waals surface area contributed by atoms with Crippen LogP contribution in [0.4, 0.5) is 5.95 Å². The molecule has 2 N–H and O–H groups in total. The van der Waals surface area contributed by atoms with E-state index in [-0.39, 0.29) is 5.95 Å². The average molecular weight is 274 g/mol. The summed E-state index contributed by atoms with van der Waals surface area (Å²) in [6, 6.07) is 5.78. The van der Waals surface area contributed by atoms with Crippen LogP contribution in [0, 0.1) is 13.8 Å². The van der Waals surface area contributed by atoms with Gasteiger partial charge in [0.1, 0.15) is 17.3 Å². The zero-order valence-corrected chi connectivity index (χ0v) is 11.3. The van der Waals surface area contributed by atoms with Gasteiger partial charge in [-0.1, -0.05) is 11.6 Å². The predicted molar refractivity (Wildman–Crippen MR) is 75.6 cm³/mol. The van der Waals surface area contributed by atoms with E-state index in [9.17, 15) is 0 Å². The summed E-state index contributed by atoms with van der Waals surface area (Å²) in [5.41, 5.74) is 9.91. The van der Waals surface area contributed by atoms with Gasteiger partial charge < -0.3 is 5.73 Å². The van der Waals surface area contributed by atoms with Crippen molar-refractivity contribution in [3.63, 3.8) is 0 Å². The number of fused-ring (bicyclic) bond motifs is 1. The number of aryl methyl sites for hydroxylation is 2. The number of benzene rings is 1. The Morgan fingerprint density at radius 1 is 1.11 bits per heavy atom. The fourth-order valence-electron chi connectivity index (χ4n) is 1.99. The fraction of sp³-hybridized carbons (Fsp3) is 0.154. The number of nitrogens with two attached hydrogens (primary N) is 1. The maximum Gasteiger partial charge on any atom is 0.223 e. The molecule has 0 aliphatic carbocycles.